The van der Waals surface area contributed by atoms with Crippen LogP contribution in [0.3, 0.4) is 0 Å². The van der Waals surface area contributed by atoms with Crippen molar-refractivity contribution in [1.82, 2.24) is 14.6 Å². The second-order valence-corrected chi connectivity index (χ2v) is 5.72. The number of fused-ring (bicyclic) bond motifs is 1. The van der Waals surface area contributed by atoms with Gasteiger partial charge in [-0.3, -0.25) is 0 Å². The van der Waals surface area contributed by atoms with E-state index in [9.17, 15) is 0 Å². The standard InChI is InChI=1S/C12H15BrN4O/c1-8-12(2,5-7-18-8)15-11-14-10-9(13)4-3-6-17(10)16-11/h3-4,6,8H,5,7H2,1-2H3,(H,15,16). The molecule has 2 unspecified atom stereocenters. The fourth-order valence-electron chi connectivity index (χ4n) is 2.18. The topological polar surface area (TPSA) is 51.5 Å². The Hall–Kier alpha value is -1.14. The van der Waals surface area contributed by atoms with E-state index in [1.54, 1.807) is 4.52 Å². The molecule has 2 atom stereocenters. The summed E-state index contributed by atoms with van der Waals surface area (Å²) in [5.41, 5.74) is 0.715. The number of anilines is 1. The number of halogens is 1. The zero-order chi connectivity index (χ0) is 12.8. The van der Waals surface area contributed by atoms with Gasteiger partial charge in [-0.2, -0.15) is 4.98 Å². The highest BCUT2D eigenvalue weighted by Gasteiger charge is 2.37. The molecule has 1 saturated heterocycles. The highest BCUT2D eigenvalue weighted by atomic mass is 79.9. The second-order valence-electron chi connectivity index (χ2n) is 4.87. The van der Waals surface area contributed by atoms with Gasteiger partial charge in [0.15, 0.2) is 5.65 Å². The number of pyridine rings is 1. The van der Waals surface area contributed by atoms with Gasteiger partial charge in [0.25, 0.3) is 0 Å². The van der Waals surface area contributed by atoms with Gasteiger partial charge >= 0.3 is 0 Å². The predicted molar refractivity (Wildman–Crippen MR) is 72.7 cm³/mol. The van der Waals surface area contributed by atoms with Crippen LogP contribution in [0, 0.1) is 0 Å². The average molecular weight is 311 g/mol. The van der Waals surface area contributed by atoms with Gasteiger partial charge < -0.3 is 10.1 Å². The Bertz CT molecular complexity index is 584. The number of nitrogens with zero attached hydrogens (tertiary/aromatic N) is 3. The second kappa shape index (κ2) is 4.20. The molecule has 96 valence electrons. The van der Waals surface area contributed by atoms with Gasteiger partial charge in [-0.15, -0.1) is 5.10 Å². The summed E-state index contributed by atoms with van der Waals surface area (Å²) in [4.78, 5) is 4.49. The maximum Gasteiger partial charge on any atom is 0.243 e. The quantitative estimate of drug-likeness (QED) is 0.926. The van der Waals surface area contributed by atoms with E-state index in [1.165, 1.54) is 0 Å². The molecule has 5 nitrogen and oxygen atoms in total. The SMILES string of the molecule is CC1OCCC1(C)Nc1nc2c(Br)cccn2n1. The van der Waals surface area contributed by atoms with E-state index < -0.39 is 0 Å². The molecular weight excluding hydrogens is 296 g/mol. The minimum Gasteiger partial charge on any atom is -0.376 e. The lowest BCUT2D eigenvalue weighted by Crippen LogP contribution is -2.41. The van der Waals surface area contributed by atoms with Gasteiger partial charge in [0.05, 0.1) is 16.1 Å². The summed E-state index contributed by atoms with van der Waals surface area (Å²) in [5.74, 6) is 0.641. The first kappa shape index (κ1) is 11.9. The van der Waals surface area contributed by atoms with Crippen molar-refractivity contribution < 1.29 is 4.74 Å². The highest BCUT2D eigenvalue weighted by molar-refractivity contribution is 9.10. The molecule has 0 spiro atoms. The Balaban J connectivity index is 1.93. The van der Waals surface area contributed by atoms with Crippen molar-refractivity contribution in [3.05, 3.63) is 22.8 Å². The molecule has 1 aliphatic rings. The van der Waals surface area contributed by atoms with Crippen molar-refractivity contribution in [2.24, 2.45) is 0 Å². The Morgan fingerprint density at radius 1 is 1.61 bits per heavy atom. The van der Waals surface area contributed by atoms with E-state index in [0.717, 1.165) is 23.1 Å². The minimum atomic E-state index is -0.0998. The first-order valence-electron chi connectivity index (χ1n) is 5.99. The third kappa shape index (κ3) is 1.89. The van der Waals surface area contributed by atoms with Crippen molar-refractivity contribution >= 4 is 27.5 Å². The van der Waals surface area contributed by atoms with Crippen LogP contribution in [-0.2, 0) is 4.74 Å². The fourth-order valence-corrected chi connectivity index (χ4v) is 2.60. The van der Waals surface area contributed by atoms with Crippen molar-refractivity contribution in [3.8, 4) is 0 Å². The summed E-state index contributed by atoms with van der Waals surface area (Å²) in [5, 5.41) is 7.82. The Morgan fingerprint density at radius 3 is 3.11 bits per heavy atom. The van der Waals surface area contributed by atoms with Crippen LogP contribution in [0.1, 0.15) is 20.3 Å². The normalized spacial score (nSPS) is 27.8. The molecule has 3 rings (SSSR count). The van der Waals surface area contributed by atoms with Crippen LogP contribution < -0.4 is 5.32 Å². The molecule has 2 aromatic rings. The van der Waals surface area contributed by atoms with Crippen LogP contribution >= 0.6 is 15.9 Å². The first-order valence-corrected chi connectivity index (χ1v) is 6.78. The number of rotatable bonds is 2. The lowest BCUT2D eigenvalue weighted by Gasteiger charge is -2.27. The molecule has 6 heteroatoms. The lowest BCUT2D eigenvalue weighted by atomic mass is 9.95. The van der Waals surface area contributed by atoms with E-state index in [2.05, 4.69) is 45.2 Å². The van der Waals surface area contributed by atoms with Gasteiger partial charge in [-0.25, -0.2) is 4.52 Å². The number of nitrogens with one attached hydrogen (secondary N) is 1. The first-order chi connectivity index (χ1) is 8.58. The molecule has 18 heavy (non-hydrogen) atoms. The molecule has 0 radical (unpaired) electrons. The van der Waals surface area contributed by atoms with Crippen LogP contribution in [0.5, 0.6) is 0 Å². The molecule has 0 aliphatic carbocycles. The van der Waals surface area contributed by atoms with Crippen LogP contribution in [0.15, 0.2) is 22.8 Å². The largest absolute Gasteiger partial charge is 0.376 e. The van der Waals surface area contributed by atoms with Gasteiger partial charge in [0, 0.05) is 12.8 Å². The molecule has 1 N–H and O–H groups in total. The molecule has 1 aliphatic heterocycles. The minimum absolute atomic E-state index is 0.0998. The monoisotopic (exact) mass is 310 g/mol. The van der Waals surface area contributed by atoms with Gasteiger partial charge in [-0.1, -0.05) is 0 Å². The van der Waals surface area contributed by atoms with Crippen LogP contribution in [-0.4, -0.2) is 32.8 Å². The lowest BCUT2D eigenvalue weighted by molar-refractivity contribution is 0.105. The number of ether oxygens (including phenoxy) is 1. The molecule has 3 heterocycles. The zero-order valence-electron chi connectivity index (χ0n) is 10.4. The van der Waals surface area contributed by atoms with E-state index in [0.29, 0.717) is 5.95 Å². The van der Waals surface area contributed by atoms with Gasteiger partial charge in [0.2, 0.25) is 5.95 Å². The maximum atomic E-state index is 5.60. The summed E-state index contributed by atoms with van der Waals surface area (Å²) in [6, 6.07) is 3.88. The van der Waals surface area contributed by atoms with E-state index >= 15 is 0 Å². The molecule has 1 fully saturated rings. The highest BCUT2D eigenvalue weighted by Crippen LogP contribution is 2.29. The van der Waals surface area contributed by atoms with Crippen LogP contribution in [0.25, 0.3) is 5.65 Å². The van der Waals surface area contributed by atoms with Crippen molar-refractivity contribution in [3.63, 3.8) is 0 Å². The van der Waals surface area contributed by atoms with E-state index in [4.69, 9.17) is 4.74 Å². The third-order valence-electron chi connectivity index (χ3n) is 3.60. The molecule has 0 amide bonds. The predicted octanol–water partition coefficient (Wildman–Crippen LogP) is 2.47. The number of aromatic nitrogens is 3. The van der Waals surface area contributed by atoms with E-state index in [1.807, 2.05) is 18.3 Å². The Labute approximate surface area is 114 Å². The van der Waals surface area contributed by atoms with Crippen LogP contribution in [0.2, 0.25) is 0 Å². The zero-order valence-corrected chi connectivity index (χ0v) is 11.9. The molecule has 0 saturated carbocycles. The van der Waals surface area contributed by atoms with Gasteiger partial charge in [0.1, 0.15) is 0 Å². The average Bonchev–Trinajstić information content (AvgIpc) is 2.85. The summed E-state index contributed by atoms with van der Waals surface area (Å²) in [6.45, 7) is 5.00. The van der Waals surface area contributed by atoms with Gasteiger partial charge in [-0.05, 0) is 48.3 Å². The summed E-state index contributed by atoms with van der Waals surface area (Å²) < 4.78 is 8.30. The van der Waals surface area contributed by atoms with Crippen LogP contribution in [0.4, 0.5) is 5.95 Å². The fraction of sp³-hybridized carbons (Fsp3) is 0.500. The van der Waals surface area contributed by atoms with Crippen molar-refractivity contribution in [2.45, 2.75) is 31.9 Å². The summed E-state index contributed by atoms with van der Waals surface area (Å²) in [6.07, 6.45) is 3.01. The van der Waals surface area contributed by atoms with E-state index in [-0.39, 0.29) is 11.6 Å². The molecule has 0 aromatic carbocycles. The molecular formula is C12H15BrN4O. The Morgan fingerprint density at radius 2 is 2.44 bits per heavy atom. The molecule has 2 aromatic heterocycles. The Kier molecular flexibility index (Phi) is 2.79. The third-order valence-corrected chi connectivity index (χ3v) is 4.22. The summed E-state index contributed by atoms with van der Waals surface area (Å²) in [7, 11) is 0. The number of hydrogen-bond donors (Lipinski definition) is 1. The van der Waals surface area contributed by atoms with Crippen molar-refractivity contribution in [1.29, 1.82) is 0 Å². The maximum absolute atomic E-state index is 5.60. The summed E-state index contributed by atoms with van der Waals surface area (Å²) >= 11 is 3.47. The van der Waals surface area contributed by atoms with Crippen molar-refractivity contribution in [2.75, 3.05) is 11.9 Å². The number of hydrogen-bond acceptors (Lipinski definition) is 4. The smallest absolute Gasteiger partial charge is 0.243 e. The molecule has 0 bridgehead atoms.